The normalized spacial score (nSPS) is 22.7. The van der Waals surface area contributed by atoms with E-state index in [4.69, 9.17) is 10.7 Å². The zero-order valence-electron chi connectivity index (χ0n) is 21.1. The number of fused-ring (bicyclic) bond motifs is 3. The SMILES string of the molecule is CNC(=O)N1CCC(c2ccc3[nH]c4c(C(N)=O)cnc(N5CCCC6(CCNC6=O)C5)c4c3c2)CC1. The maximum Gasteiger partial charge on any atom is 0.317 e. The number of hydrogen-bond acceptors (Lipinski definition) is 5. The second-order valence-electron chi connectivity index (χ2n) is 10.7. The number of carbonyl (C=O) groups excluding carboxylic acids is 3. The highest BCUT2D eigenvalue weighted by atomic mass is 16.2. The van der Waals surface area contributed by atoms with Crippen LogP contribution in [-0.4, -0.2) is 72.5 Å². The molecule has 1 atom stereocenters. The molecule has 2 aromatic heterocycles. The molecule has 3 aliphatic rings. The molecule has 4 amide bonds. The van der Waals surface area contributed by atoms with Crippen molar-refractivity contribution in [2.75, 3.05) is 44.7 Å². The molecule has 0 saturated carbocycles. The van der Waals surface area contributed by atoms with Crippen molar-refractivity contribution in [3.8, 4) is 0 Å². The Hall–Kier alpha value is -3.82. The molecule has 10 heteroatoms. The summed E-state index contributed by atoms with van der Waals surface area (Å²) >= 11 is 0. The number of anilines is 1. The number of rotatable bonds is 3. The van der Waals surface area contributed by atoms with Gasteiger partial charge in [0, 0.05) is 56.9 Å². The number of pyridine rings is 1. The molecular weight excluding hydrogens is 470 g/mol. The van der Waals surface area contributed by atoms with Crippen LogP contribution < -0.4 is 21.3 Å². The molecular formula is C27H33N7O3. The Bertz CT molecular complexity index is 1410. The van der Waals surface area contributed by atoms with Gasteiger partial charge in [0.1, 0.15) is 5.82 Å². The summed E-state index contributed by atoms with van der Waals surface area (Å²) in [5, 5.41) is 7.61. The van der Waals surface area contributed by atoms with Gasteiger partial charge >= 0.3 is 6.03 Å². The smallest absolute Gasteiger partial charge is 0.317 e. The van der Waals surface area contributed by atoms with Gasteiger partial charge in [0.2, 0.25) is 5.91 Å². The predicted octanol–water partition coefficient (Wildman–Crippen LogP) is 2.44. The minimum Gasteiger partial charge on any atom is -0.365 e. The summed E-state index contributed by atoms with van der Waals surface area (Å²) in [7, 11) is 1.66. The second-order valence-corrected chi connectivity index (χ2v) is 10.7. The maximum atomic E-state index is 12.7. The number of nitrogens with zero attached hydrogens (tertiary/aromatic N) is 3. The number of urea groups is 1. The molecule has 1 unspecified atom stereocenters. The summed E-state index contributed by atoms with van der Waals surface area (Å²) in [6.45, 7) is 3.56. The first-order valence-electron chi connectivity index (χ1n) is 13.1. The van der Waals surface area contributed by atoms with Gasteiger partial charge in [-0.2, -0.15) is 0 Å². The van der Waals surface area contributed by atoms with Crippen LogP contribution in [0.15, 0.2) is 24.4 Å². The van der Waals surface area contributed by atoms with Crippen LogP contribution in [0.25, 0.3) is 21.8 Å². The van der Waals surface area contributed by atoms with E-state index in [-0.39, 0.29) is 17.4 Å². The number of benzene rings is 1. The summed E-state index contributed by atoms with van der Waals surface area (Å²) in [5.74, 6) is 0.734. The third-order valence-corrected chi connectivity index (χ3v) is 8.61. The molecule has 5 N–H and O–H groups in total. The van der Waals surface area contributed by atoms with E-state index in [1.165, 1.54) is 5.56 Å². The summed E-state index contributed by atoms with van der Waals surface area (Å²) in [5.41, 5.74) is 8.54. The number of hydrogen-bond donors (Lipinski definition) is 4. The number of carbonyl (C=O) groups is 3. The lowest BCUT2D eigenvalue weighted by Crippen LogP contribution is -2.47. The lowest BCUT2D eigenvalue weighted by atomic mass is 9.78. The van der Waals surface area contributed by atoms with Crippen molar-refractivity contribution < 1.29 is 14.4 Å². The van der Waals surface area contributed by atoms with Crippen molar-refractivity contribution in [3.63, 3.8) is 0 Å². The lowest BCUT2D eigenvalue weighted by molar-refractivity contribution is -0.128. The number of primary amides is 1. The first kappa shape index (κ1) is 23.6. The van der Waals surface area contributed by atoms with Crippen LogP contribution >= 0.6 is 0 Å². The number of likely N-dealkylation sites (tertiary alicyclic amines) is 1. The van der Waals surface area contributed by atoms with Crippen molar-refractivity contribution in [1.29, 1.82) is 0 Å². The van der Waals surface area contributed by atoms with Gasteiger partial charge in [0.05, 0.1) is 21.9 Å². The van der Waals surface area contributed by atoms with E-state index in [0.29, 0.717) is 43.2 Å². The average Bonchev–Trinajstić information content (AvgIpc) is 3.47. The Kier molecular flexibility index (Phi) is 5.69. The van der Waals surface area contributed by atoms with Gasteiger partial charge in [-0.15, -0.1) is 0 Å². The van der Waals surface area contributed by atoms with Gasteiger partial charge < -0.3 is 31.2 Å². The van der Waals surface area contributed by atoms with E-state index in [1.54, 1.807) is 13.2 Å². The largest absolute Gasteiger partial charge is 0.365 e. The van der Waals surface area contributed by atoms with Crippen molar-refractivity contribution >= 4 is 45.5 Å². The Labute approximate surface area is 214 Å². The third kappa shape index (κ3) is 3.86. The number of amides is 4. The van der Waals surface area contributed by atoms with Gasteiger partial charge in [0.15, 0.2) is 0 Å². The Morgan fingerprint density at radius 3 is 2.70 bits per heavy atom. The van der Waals surface area contributed by atoms with Crippen molar-refractivity contribution in [2.45, 2.75) is 38.0 Å². The number of piperidine rings is 2. The minimum absolute atomic E-state index is 0.0320. The molecule has 3 aromatic rings. The van der Waals surface area contributed by atoms with Crippen LogP contribution in [0.3, 0.4) is 0 Å². The van der Waals surface area contributed by atoms with Gasteiger partial charge in [-0.3, -0.25) is 9.59 Å². The van der Waals surface area contributed by atoms with Gasteiger partial charge in [-0.05, 0) is 55.7 Å². The molecule has 10 nitrogen and oxygen atoms in total. The topological polar surface area (TPSA) is 136 Å². The van der Waals surface area contributed by atoms with Gasteiger partial charge in [-0.1, -0.05) is 6.07 Å². The monoisotopic (exact) mass is 503 g/mol. The molecule has 1 spiro atoms. The fraction of sp³-hybridized carbons (Fsp3) is 0.481. The van der Waals surface area contributed by atoms with Crippen LogP contribution in [0.2, 0.25) is 0 Å². The van der Waals surface area contributed by atoms with Crippen LogP contribution in [0.1, 0.15) is 53.9 Å². The van der Waals surface area contributed by atoms with E-state index in [1.807, 2.05) is 4.90 Å². The quantitative estimate of drug-likeness (QED) is 0.435. The minimum atomic E-state index is -0.525. The van der Waals surface area contributed by atoms with Crippen molar-refractivity contribution in [2.24, 2.45) is 11.1 Å². The van der Waals surface area contributed by atoms with Crippen LogP contribution in [0.5, 0.6) is 0 Å². The molecule has 1 aromatic carbocycles. The Balaban J connectivity index is 1.42. The molecule has 194 valence electrons. The molecule has 37 heavy (non-hydrogen) atoms. The molecule has 0 aliphatic carbocycles. The number of nitrogens with one attached hydrogen (secondary N) is 3. The van der Waals surface area contributed by atoms with E-state index >= 15 is 0 Å². The van der Waals surface area contributed by atoms with E-state index in [2.05, 4.69) is 38.7 Å². The van der Waals surface area contributed by atoms with E-state index < -0.39 is 5.91 Å². The highest BCUT2D eigenvalue weighted by Crippen LogP contribution is 2.42. The molecule has 0 radical (unpaired) electrons. The standard InChI is InChI=1S/C27H33N7O3/c1-29-26(37)33-11-5-16(6-12-33)17-3-4-20-18(13-17)21-22(32-20)19(23(28)35)14-31-24(21)34-10-2-7-27(15-34)8-9-30-25(27)36/h3-4,13-14,16,32H,2,5-12,15H2,1H3,(H2,28,35)(H,29,37)(H,30,36). The third-order valence-electron chi connectivity index (χ3n) is 8.61. The van der Waals surface area contributed by atoms with E-state index in [0.717, 1.165) is 60.8 Å². The fourth-order valence-electron chi connectivity index (χ4n) is 6.57. The molecule has 0 bridgehead atoms. The molecule has 3 fully saturated rings. The Morgan fingerprint density at radius 2 is 2.00 bits per heavy atom. The van der Waals surface area contributed by atoms with Crippen LogP contribution in [0, 0.1) is 5.41 Å². The number of aromatic amines is 1. The molecule has 6 rings (SSSR count). The molecule has 3 saturated heterocycles. The van der Waals surface area contributed by atoms with Gasteiger partial charge in [0.25, 0.3) is 5.91 Å². The van der Waals surface area contributed by atoms with E-state index in [9.17, 15) is 14.4 Å². The second kappa shape index (κ2) is 8.93. The number of aromatic nitrogens is 2. The highest BCUT2D eigenvalue weighted by molar-refractivity contribution is 6.18. The zero-order valence-corrected chi connectivity index (χ0v) is 21.1. The maximum absolute atomic E-state index is 12.7. The number of H-pyrrole nitrogens is 1. The fourth-order valence-corrected chi connectivity index (χ4v) is 6.57. The Morgan fingerprint density at radius 1 is 1.19 bits per heavy atom. The lowest BCUT2D eigenvalue weighted by Gasteiger charge is -2.39. The van der Waals surface area contributed by atoms with Gasteiger partial charge in [-0.25, -0.2) is 9.78 Å². The molecule has 5 heterocycles. The first-order valence-corrected chi connectivity index (χ1v) is 13.1. The average molecular weight is 504 g/mol. The molecule has 3 aliphatic heterocycles. The summed E-state index contributed by atoms with van der Waals surface area (Å²) in [4.78, 5) is 49.3. The van der Waals surface area contributed by atoms with Crippen molar-refractivity contribution in [3.05, 3.63) is 35.5 Å². The van der Waals surface area contributed by atoms with Crippen molar-refractivity contribution in [1.82, 2.24) is 25.5 Å². The summed E-state index contributed by atoms with van der Waals surface area (Å²) < 4.78 is 0. The highest BCUT2D eigenvalue weighted by Gasteiger charge is 2.45. The van der Waals surface area contributed by atoms with Crippen LogP contribution in [0.4, 0.5) is 10.6 Å². The zero-order chi connectivity index (χ0) is 25.7. The predicted molar refractivity (Wildman–Crippen MR) is 142 cm³/mol. The summed E-state index contributed by atoms with van der Waals surface area (Å²) in [6, 6.07) is 6.36. The van der Waals surface area contributed by atoms with Crippen LogP contribution in [-0.2, 0) is 4.79 Å². The number of nitrogens with two attached hydrogens (primary N) is 1. The first-order chi connectivity index (χ1) is 17.9. The summed E-state index contributed by atoms with van der Waals surface area (Å²) in [6.07, 6.45) is 5.96.